The number of carbonyl (C=O) groups is 2. The largest absolute Gasteiger partial charge is 0.507 e. The van der Waals surface area contributed by atoms with Crippen LogP contribution in [0.25, 0.3) is 0 Å². The Labute approximate surface area is 237 Å². The minimum Gasteiger partial charge on any atom is -0.507 e. The predicted molar refractivity (Wildman–Crippen MR) is 152 cm³/mol. The maximum Gasteiger partial charge on any atom is 0.170 e. The third-order valence-electron chi connectivity index (χ3n) is 6.27. The fraction of sp³-hybridized carbons (Fsp3) is 0.188. The fourth-order valence-electron chi connectivity index (χ4n) is 4.08. The SMILES string of the molecule is COc1ccc(CCC(=O)c2c(O)cccc2O)cc1O.COc1ccc(CCC(=O)c2ccccc2O)cc1O. The van der Waals surface area contributed by atoms with E-state index in [2.05, 4.69) is 0 Å². The second-order valence-corrected chi connectivity index (χ2v) is 9.05. The van der Waals surface area contributed by atoms with Crippen LogP contribution in [0.4, 0.5) is 0 Å². The van der Waals surface area contributed by atoms with E-state index in [1.165, 1.54) is 44.6 Å². The van der Waals surface area contributed by atoms with Gasteiger partial charge in [-0.3, -0.25) is 9.59 Å². The van der Waals surface area contributed by atoms with E-state index in [1.807, 2.05) is 0 Å². The van der Waals surface area contributed by atoms with Gasteiger partial charge in [0.25, 0.3) is 0 Å². The van der Waals surface area contributed by atoms with E-state index in [0.717, 1.165) is 11.1 Å². The Kier molecular flexibility index (Phi) is 10.6. The molecule has 0 aliphatic heterocycles. The van der Waals surface area contributed by atoms with Crippen molar-refractivity contribution < 1.29 is 44.6 Å². The molecule has 41 heavy (non-hydrogen) atoms. The monoisotopic (exact) mass is 560 g/mol. The smallest absolute Gasteiger partial charge is 0.170 e. The number of ketones is 2. The molecule has 9 nitrogen and oxygen atoms in total. The van der Waals surface area contributed by atoms with Crippen molar-refractivity contribution in [1.82, 2.24) is 0 Å². The van der Waals surface area contributed by atoms with Gasteiger partial charge >= 0.3 is 0 Å². The minimum atomic E-state index is -0.360. The van der Waals surface area contributed by atoms with Gasteiger partial charge in [0.05, 0.1) is 19.8 Å². The quantitative estimate of drug-likeness (QED) is 0.157. The van der Waals surface area contributed by atoms with Crippen molar-refractivity contribution in [2.45, 2.75) is 25.7 Å². The van der Waals surface area contributed by atoms with Gasteiger partial charge in [0.1, 0.15) is 22.8 Å². The average molecular weight is 561 g/mol. The zero-order valence-corrected chi connectivity index (χ0v) is 22.7. The standard InChI is InChI=1S/C16H16O5.C16H16O4/c1-21-15-8-6-10(9-14(15)20)5-7-13(19)16-11(17)3-2-4-12(16)18;1-20-16-9-7-11(10-15(16)19)6-8-14(18)12-4-2-3-5-13(12)17/h2-4,6,8-9,17-18,20H,5,7H2,1H3;2-5,7,9-10,17,19H,6,8H2,1H3. The Morgan fingerprint density at radius 2 is 1.02 bits per heavy atom. The van der Waals surface area contributed by atoms with E-state index in [0.29, 0.717) is 29.9 Å². The van der Waals surface area contributed by atoms with Gasteiger partial charge in [-0.25, -0.2) is 0 Å². The number of hydrogen-bond acceptors (Lipinski definition) is 9. The first-order chi connectivity index (χ1) is 19.6. The Bertz CT molecular complexity index is 1490. The number of aromatic hydroxyl groups is 5. The van der Waals surface area contributed by atoms with Crippen molar-refractivity contribution in [3.05, 3.63) is 101 Å². The lowest BCUT2D eigenvalue weighted by molar-refractivity contribution is 0.0970. The second kappa shape index (κ2) is 14.3. The van der Waals surface area contributed by atoms with Gasteiger partial charge in [-0.05, 0) is 72.5 Å². The average Bonchev–Trinajstić information content (AvgIpc) is 2.95. The molecular weight excluding hydrogens is 528 g/mol. The molecule has 0 amide bonds. The first-order valence-corrected chi connectivity index (χ1v) is 12.7. The van der Waals surface area contributed by atoms with Crippen LogP contribution < -0.4 is 9.47 Å². The van der Waals surface area contributed by atoms with Gasteiger partial charge in [-0.1, -0.05) is 30.3 Å². The van der Waals surface area contributed by atoms with Crippen molar-refractivity contribution >= 4 is 11.6 Å². The summed E-state index contributed by atoms with van der Waals surface area (Å²) in [5.74, 6) is -0.137. The second-order valence-electron chi connectivity index (χ2n) is 9.05. The van der Waals surface area contributed by atoms with Crippen molar-refractivity contribution in [3.8, 4) is 40.2 Å². The number of hydrogen-bond donors (Lipinski definition) is 5. The van der Waals surface area contributed by atoms with Crippen LogP contribution in [0.15, 0.2) is 78.9 Å². The maximum absolute atomic E-state index is 12.1. The summed E-state index contributed by atoms with van der Waals surface area (Å²) in [6, 6.07) is 20.6. The van der Waals surface area contributed by atoms with Crippen LogP contribution in [-0.2, 0) is 12.8 Å². The molecule has 4 aromatic rings. The highest BCUT2D eigenvalue weighted by atomic mass is 16.5. The van der Waals surface area contributed by atoms with Crippen LogP contribution in [0.1, 0.15) is 44.7 Å². The van der Waals surface area contributed by atoms with Crippen LogP contribution >= 0.6 is 0 Å². The maximum atomic E-state index is 12.1. The predicted octanol–water partition coefficient (Wildman–Crippen LogP) is 5.55. The fourth-order valence-corrected chi connectivity index (χ4v) is 4.08. The van der Waals surface area contributed by atoms with Crippen LogP contribution in [0.3, 0.4) is 0 Å². The minimum absolute atomic E-state index is 0.00456. The molecule has 4 aromatic carbocycles. The van der Waals surface area contributed by atoms with Gasteiger partial charge in [0.2, 0.25) is 0 Å². The summed E-state index contributed by atoms with van der Waals surface area (Å²) in [4.78, 5) is 24.1. The number of Topliss-reactive ketones (excluding diaryl/α,β-unsaturated/α-hetero) is 2. The number of rotatable bonds is 10. The lowest BCUT2D eigenvalue weighted by atomic mass is 10.0. The van der Waals surface area contributed by atoms with Gasteiger partial charge in [-0.15, -0.1) is 0 Å². The van der Waals surface area contributed by atoms with Crippen molar-refractivity contribution in [2.24, 2.45) is 0 Å². The molecule has 5 N–H and O–H groups in total. The normalized spacial score (nSPS) is 10.3. The number of para-hydroxylation sites is 1. The summed E-state index contributed by atoms with van der Waals surface area (Å²) in [6.45, 7) is 0. The Morgan fingerprint density at radius 1 is 0.561 bits per heavy atom. The molecule has 0 saturated carbocycles. The molecule has 0 radical (unpaired) electrons. The molecule has 0 fully saturated rings. The van der Waals surface area contributed by atoms with Crippen LogP contribution in [0.5, 0.6) is 40.2 Å². The molecule has 0 bridgehead atoms. The molecule has 0 aliphatic rings. The van der Waals surface area contributed by atoms with E-state index >= 15 is 0 Å². The molecule has 0 unspecified atom stereocenters. The topological polar surface area (TPSA) is 154 Å². The number of phenols is 5. The third kappa shape index (κ3) is 8.15. The number of carbonyl (C=O) groups excluding carboxylic acids is 2. The van der Waals surface area contributed by atoms with Gasteiger partial charge in [0.15, 0.2) is 34.6 Å². The van der Waals surface area contributed by atoms with Crippen LogP contribution in [-0.4, -0.2) is 51.3 Å². The van der Waals surface area contributed by atoms with Gasteiger partial charge < -0.3 is 35.0 Å². The highest BCUT2D eigenvalue weighted by Crippen LogP contribution is 2.30. The number of benzene rings is 4. The Balaban J connectivity index is 0.000000226. The summed E-state index contributed by atoms with van der Waals surface area (Å²) in [7, 11) is 2.94. The van der Waals surface area contributed by atoms with Gasteiger partial charge in [-0.2, -0.15) is 0 Å². The molecule has 0 heterocycles. The Hall–Kier alpha value is -5.18. The molecule has 214 valence electrons. The zero-order chi connectivity index (χ0) is 29.9. The molecule has 9 heteroatoms. The third-order valence-corrected chi connectivity index (χ3v) is 6.27. The number of ether oxygens (including phenoxy) is 2. The lowest BCUT2D eigenvalue weighted by Crippen LogP contribution is -2.02. The van der Waals surface area contributed by atoms with Gasteiger partial charge in [0, 0.05) is 12.8 Å². The van der Waals surface area contributed by atoms with Crippen molar-refractivity contribution in [3.63, 3.8) is 0 Å². The first kappa shape index (κ1) is 30.4. The molecular formula is C32H32O9. The van der Waals surface area contributed by atoms with E-state index in [4.69, 9.17) is 9.47 Å². The number of aryl methyl sites for hydroxylation is 2. The zero-order valence-electron chi connectivity index (χ0n) is 22.7. The van der Waals surface area contributed by atoms with Crippen molar-refractivity contribution in [2.75, 3.05) is 14.2 Å². The van der Waals surface area contributed by atoms with Crippen molar-refractivity contribution in [1.29, 1.82) is 0 Å². The highest BCUT2D eigenvalue weighted by Gasteiger charge is 2.16. The summed E-state index contributed by atoms with van der Waals surface area (Å²) in [6.07, 6.45) is 1.25. The molecule has 4 rings (SSSR count). The van der Waals surface area contributed by atoms with E-state index in [-0.39, 0.29) is 58.7 Å². The molecule has 0 aromatic heterocycles. The summed E-state index contributed by atoms with van der Waals surface area (Å²) < 4.78 is 9.90. The summed E-state index contributed by atoms with van der Waals surface area (Å²) in [5.41, 5.74) is 1.85. The molecule has 0 saturated heterocycles. The van der Waals surface area contributed by atoms with Crippen LogP contribution in [0, 0.1) is 0 Å². The van der Waals surface area contributed by atoms with E-state index in [1.54, 1.807) is 48.5 Å². The highest BCUT2D eigenvalue weighted by molar-refractivity contribution is 6.01. The molecule has 0 aliphatic carbocycles. The Morgan fingerprint density at radius 3 is 1.49 bits per heavy atom. The molecule has 0 spiro atoms. The summed E-state index contributed by atoms with van der Waals surface area (Å²) >= 11 is 0. The first-order valence-electron chi connectivity index (χ1n) is 12.7. The van der Waals surface area contributed by atoms with E-state index < -0.39 is 0 Å². The summed E-state index contributed by atoms with van der Waals surface area (Å²) in [5, 5.41) is 48.2. The number of phenolic OH excluding ortho intramolecular Hbond substituents is 5. The molecule has 0 atom stereocenters. The van der Waals surface area contributed by atoms with E-state index in [9.17, 15) is 35.1 Å². The lowest BCUT2D eigenvalue weighted by Gasteiger charge is -2.08. The number of methoxy groups -OCH3 is 2. The van der Waals surface area contributed by atoms with Crippen LogP contribution in [0.2, 0.25) is 0 Å².